The van der Waals surface area contributed by atoms with Crippen molar-refractivity contribution in [3.63, 3.8) is 0 Å². The lowest BCUT2D eigenvalue weighted by Crippen LogP contribution is -2.32. The average Bonchev–Trinajstić information content (AvgIpc) is 3.78. The molecule has 2 N–H and O–H groups in total. The molecule has 0 spiro atoms. The number of ether oxygens (including phenoxy) is 2. The summed E-state index contributed by atoms with van der Waals surface area (Å²) in [6, 6.07) is 19.8. The molecule has 0 aliphatic carbocycles. The van der Waals surface area contributed by atoms with E-state index in [-0.39, 0.29) is 11.9 Å². The Morgan fingerprint density at radius 2 is 1.95 bits per heavy atom. The van der Waals surface area contributed by atoms with Crippen LogP contribution in [0, 0.1) is 11.3 Å². The van der Waals surface area contributed by atoms with Gasteiger partial charge in [0.25, 0.3) is 0 Å². The second-order valence-electron chi connectivity index (χ2n) is 10.7. The monoisotopic (exact) mass is 563 g/mol. The van der Waals surface area contributed by atoms with Crippen LogP contribution in [0.25, 0.3) is 22.2 Å². The number of fused-ring (bicyclic) bond motifs is 1. The van der Waals surface area contributed by atoms with Crippen LogP contribution >= 0.6 is 0 Å². The number of amides is 1. The molecular weight excluding hydrogens is 530 g/mol. The van der Waals surface area contributed by atoms with E-state index in [1.807, 2.05) is 70.1 Å². The van der Waals surface area contributed by atoms with Crippen molar-refractivity contribution in [3.05, 3.63) is 78.8 Å². The van der Waals surface area contributed by atoms with E-state index in [4.69, 9.17) is 15.2 Å². The van der Waals surface area contributed by atoms with Crippen LogP contribution in [-0.4, -0.2) is 76.2 Å². The predicted molar refractivity (Wildman–Crippen MR) is 160 cm³/mol. The summed E-state index contributed by atoms with van der Waals surface area (Å²) < 4.78 is 13.4. The Balaban J connectivity index is 1.24. The van der Waals surface area contributed by atoms with Crippen molar-refractivity contribution >= 4 is 22.8 Å². The van der Waals surface area contributed by atoms with Crippen LogP contribution in [-0.2, 0) is 9.53 Å². The van der Waals surface area contributed by atoms with Crippen LogP contribution in [0.5, 0.6) is 11.5 Å². The SMILES string of the molecule is CN(CC=CC(=O)N1CC[C@@H](n2c(C#N)c(-c3ccc(Oc4ccccc4)cc3)c3c(N)ncnc32)C1)C1CCOC1. The van der Waals surface area contributed by atoms with Gasteiger partial charge in [0.2, 0.25) is 5.91 Å². The fraction of sp³-hybridized carbons (Fsp3) is 0.312. The molecule has 2 saturated heterocycles. The molecule has 0 saturated carbocycles. The van der Waals surface area contributed by atoms with Crippen LogP contribution in [0.15, 0.2) is 73.1 Å². The van der Waals surface area contributed by atoms with E-state index in [0.717, 1.165) is 30.9 Å². The van der Waals surface area contributed by atoms with Crippen molar-refractivity contribution in [3.8, 4) is 28.7 Å². The third kappa shape index (κ3) is 5.44. The maximum absolute atomic E-state index is 13.1. The highest BCUT2D eigenvalue weighted by molar-refractivity contribution is 6.03. The number of carbonyl (C=O) groups excluding carboxylic acids is 1. The minimum atomic E-state index is -0.124. The Morgan fingerprint density at radius 3 is 2.69 bits per heavy atom. The number of benzene rings is 2. The minimum Gasteiger partial charge on any atom is -0.457 e. The van der Waals surface area contributed by atoms with Crippen molar-refractivity contribution < 1.29 is 14.3 Å². The number of para-hydroxylation sites is 1. The Hall–Kier alpha value is -4.72. The molecule has 2 aromatic heterocycles. The third-order valence-electron chi connectivity index (χ3n) is 8.06. The molecule has 2 aliphatic rings. The maximum Gasteiger partial charge on any atom is 0.246 e. The summed E-state index contributed by atoms with van der Waals surface area (Å²) in [5.74, 6) is 1.69. The highest BCUT2D eigenvalue weighted by Crippen LogP contribution is 2.40. The maximum atomic E-state index is 13.1. The van der Waals surface area contributed by atoms with Crippen molar-refractivity contribution in [1.29, 1.82) is 5.26 Å². The highest BCUT2D eigenvalue weighted by atomic mass is 16.5. The number of likely N-dealkylation sites (tertiary alicyclic amines) is 1. The van der Waals surface area contributed by atoms with Gasteiger partial charge in [-0.25, -0.2) is 9.97 Å². The van der Waals surface area contributed by atoms with Gasteiger partial charge in [-0.2, -0.15) is 5.26 Å². The molecule has 6 rings (SSSR count). The quantitative estimate of drug-likeness (QED) is 0.313. The lowest BCUT2D eigenvalue weighted by molar-refractivity contribution is -0.125. The van der Waals surface area contributed by atoms with Gasteiger partial charge in [0, 0.05) is 43.9 Å². The Kier molecular flexibility index (Phi) is 7.86. The molecule has 2 fully saturated rings. The number of anilines is 1. The summed E-state index contributed by atoms with van der Waals surface area (Å²) in [7, 11) is 2.05. The summed E-state index contributed by atoms with van der Waals surface area (Å²) in [4.78, 5) is 25.9. The number of nitrogens with two attached hydrogens (primary N) is 1. The number of nitrogen functional groups attached to an aromatic ring is 1. The molecule has 0 radical (unpaired) electrons. The molecular formula is C32H33N7O3. The summed E-state index contributed by atoms with van der Waals surface area (Å²) in [6.45, 7) is 3.28. The van der Waals surface area contributed by atoms with Gasteiger partial charge < -0.3 is 24.7 Å². The molecule has 1 unspecified atom stereocenters. The van der Waals surface area contributed by atoms with E-state index in [1.165, 1.54) is 6.33 Å². The van der Waals surface area contributed by atoms with Crippen molar-refractivity contribution in [2.24, 2.45) is 0 Å². The third-order valence-corrected chi connectivity index (χ3v) is 8.06. The number of rotatable bonds is 8. The van der Waals surface area contributed by atoms with E-state index >= 15 is 0 Å². The first kappa shape index (κ1) is 27.4. The Morgan fingerprint density at radius 1 is 1.17 bits per heavy atom. The zero-order valence-corrected chi connectivity index (χ0v) is 23.5. The van der Waals surface area contributed by atoms with Crippen LogP contribution in [0.1, 0.15) is 24.6 Å². The number of hydrogen-bond donors (Lipinski definition) is 1. The van der Waals surface area contributed by atoms with Gasteiger partial charge >= 0.3 is 0 Å². The zero-order chi connectivity index (χ0) is 29.1. The second kappa shape index (κ2) is 12.0. The van der Waals surface area contributed by atoms with E-state index in [1.54, 1.807) is 6.08 Å². The van der Waals surface area contributed by atoms with Gasteiger partial charge in [-0.1, -0.05) is 36.4 Å². The predicted octanol–water partition coefficient (Wildman–Crippen LogP) is 4.39. The fourth-order valence-corrected chi connectivity index (χ4v) is 5.81. The number of carbonyl (C=O) groups is 1. The highest BCUT2D eigenvalue weighted by Gasteiger charge is 2.32. The van der Waals surface area contributed by atoms with E-state index in [9.17, 15) is 10.1 Å². The molecule has 214 valence electrons. The normalized spacial score (nSPS) is 18.7. The molecule has 0 bridgehead atoms. The van der Waals surface area contributed by atoms with Crippen molar-refractivity contribution in [2.75, 3.05) is 45.6 Å². The molecule has 2 aliphatic heterocycles. The topological polar surface area (TPSA) is 123 Å². The summed E-state index contributed by atoms with van der Waals surface area (Å²) in [5, 5.41) is 11.0. The van der Waals surface area contributed by atoms with Crippen LogP contribution in [0.3, 0.4) is 0 Å². The molecule has 4 aromatic rings. The van der Waals surface area contributed by atoms with Crippen LogP contribution < -0.4 is 10.5 Å². The number of nitriles is 1. The van der Waals surface area contributed by atoms with Gasteiger partial charge in [-0.05, 0) is 49.7 Å². The standard InChI is InChI=1S/C32H33N7O3/c1-37(24-14-17-41-20-24)15-5-8-28(40)38-16-13-23(19-38)39-27(18-33)29(30-31(34)35-21-36-32(30)39)22-9-11-26(12-10-22)42-25-6-3-2-4-7-25/h2-12,21,23-24H,13-17,19-20H2,1H3,(H2,34,35,36)/t23-,24?/m1/s1. The lowest BCUT2D eigenvalue weighted by atomic mass is 10.0. The van der Waals surface area contributed by atoms with Gasteiger partial charge in [-0.15, -0.1) is 0 Å². The van der Waals surface area contributed by atoms with Gasteiger partial charge in [0.15, 0.2) is 0 Å². The number of likely N-dealkylation sites (N-methyl/N-ethyl adjacent to an activating group) is 1. The van der Waals surface area contributed by atoms with Crippen LogP contribution in [0.2, 0.25) is 0 Å². The molecule has 2 aromatic carbocycles. The number of nitrogens with zero attached hydrogens (tertiary/aromatic N) is 6. The fourth-order valence-electron chi connectivity index (χ4n) is 5.81. The lowest BCUT2D eigenvalue weighted by Gasteiger charge is -2.21. The summed E-state index contributed by atoms with van der Waals surface area (Å²) in [5.41, 5.74) is 8.91. The second-order valence-corrected chi connectivity index (χ2v) is 10.7. The summed E-state index contributed by atoms with van der Waals surface area (Å²) in [6.07, 6.45) is 6.70. The number of aromatic nitrogens is 3. The van der Waals surface area contributed by atoms with Gasteiger partial charge in [0.05, 0.1) is 18.0 Å². The van der Waals surface area contributed by atoms with Gasteiger partial charge in [0.1, 0.15) is 41.1 Å². The molecule has 42 heavy (non-hydrogen) atoms. The Labute approximate surface area is 244 Å². The first-order chi connectivity index (χ1) is 20.5. The molecule has 10 heteroatoms. The molecule has 10 nitrogen and oxygen atoms in total. The molecule has 2 atom stereocenters. The van der Waals surface area contributed by atoms with E-state index in [2.05, 4.69) is 28.0 Å². The smallest absolute Gasteiger partial charge is 0.246 e. The largest absolute Gasteiger partial charge is 0.457 e. The Bertz CT molecular complexity index is 1640. The zero-order valence-electron chi connectivity index (χ0n) is 23.5. The molecule has 1 amide bonds. The van der Waals surface area contributed by atoms with Crippen molar-refractivity contribution in [2.45, 2.75) is 24.9 Å². The van der Waals surface area contributed by atoms with Crippen LogP contribution in [0.4, 0.5) is 5.82 Å². The minimum absolute atomic E-state index is 0.0353. The average molecular weight is 564 g/mol. The number of hydrogen-bond acceptors (Lipinski definition) is 8. The summed E-state index contributed by atoms with van der Waals surface area (Å²) >= 11 is 0. The first-order valence-corrected chi connectivity index (χ1v) is 14.1. The first-order valence-electron chi connectivity index (χ1n) is 14.1. The molecule has 4 heterocycles. The van der Waals surface area contributed by atoms with E-state index in [0.29, 0.717) is 66.0 Å². The van der Waals surface area contributed by atoms with E-state index < -0.39 is 0 Å². The van der Waals surface area contributed by atoms with Gasteiger partial charge in [-0.3, -0.25) is 9.69 Å². The van der Waals surface area contributed by atoms with Crippen molar-refractivity contribution in [1.82, 2.24) is 24.3 Å².